The van der Waals surface area contributed by atoms with E-state index in [1.165, 1.54) is 18.1 Å². The second-order valence-corrected chi connectivity index (χ2v) is 7.88. The summed E-state index contributed by atoms with van der Waals surface area (Å²) in [6.45, 7) is 6.02. The Hall–Kier alpha value is -2.12. The molecule has 0 amide bonds. The first kappa shape index (κ1) is 17.3. The standard InChI is InChI=1S/C19H22FN5S/c1-13-24-15(11-26-13)10-25-7-5-14(6-8-25)9-21-19-16-3-2-4-17(20)18(16)22-12-23-19/h2-4,11-12,14H,5-10H2,1H3,(H,21,22,23). The van der Waals surface area contributed by atoms with Crippen molar-refractivity contribution in [3.05, 3.63) is 46.4 Å². The summed E-state index contributed by atoms with van der Waals surface area (Å²) in [6.07, 6.45) is 3.72. The number of hydrogen-bond donors (Lipinski definition) is 1. The topological polar surface area (TPSA) is 53.9 Å². The second-order valence-electron chi connectivity index (χ2n) is 6.82. The van der Waals surface area contributed by atoms with E-state index in [0.29, 0.717) is 11.4 Å². The van der Waals surface area contributed by atoms with Gasteiger partial charge in [0.2, 0.25) is 0 Å². The molecule has 136 valence electrons. The van der Waals surface area contributed by atoms with Crippen LogP contribution in [0.1, 0.15) is 23.5 Å². The number of nitrogens with zero attached hydrogens (tertiary/aromatic N) is 4. The van der Waals surface area contributed by atoms with E-state index in [9.17, 15) is 4.39 Å². The lowest BCUT2D eigenvalue weighted by atomic mass is 9.96. The third-order valence-corrected chi connectivity index (χ3v) is 5.76. The average Bonchev–Trinajstić information content (AvgIpc) is 3.06. The number of halogens is 1. The van der Waals surface area contributed by atoms with E-state index in [-0.39, 0.29) is 5.82 Å². The van der Waals surface area contributed by atoms with Crippen LogP contribution in [-0.4, -0.2) is 39.5 Å². The molecule has 0 radical (unpaired) electrons. The Balaban J connectivity index is 1.32. The van der Waals surface area contributed by atoms with Crippen molar-refractivity contribution >= 4 is 28.1 Å². The van der Waals surface area contributed by atoms with E-state index in [4.69, 9.17) is 0 Å². The van der Waals surface area contributed by atoms with E-state index >= 15 is 0 Å². The number of nitrogens with one attached hydrogen (secondary N) is 1. The minimum Gasteiger partial charge on any atom is -0.369 e. The van der Waals surface area contributed by atoms with Crippen molar-refractivity contribution in [1.82, 2.24) is 19.9 Å². The number of thiazole rings is 1. The molecule has 0 bridgehead atoms. The summed E-state index contributed by atoms with van der Waals surface area (Å²) in [6, 6.07) is 4.99. The molecule has 1 aliphatic heterocycles. The molecule has 1 saturated heterocycles. The lowest BCUT2D eigenvalue weighted by molar-refractivity contribution is 0.181. The first-order chi connectivity index (χ1) is 12.7. The van der Waals surface area contributed by atoms with Crippen molar-refractivity contribution in [3.8, 4) is 0 Å². The molecule has 3 heterocycles. The largest absolute Gasteiger partial charge is 0.369 e. The summed E-state index contributed by atoms with van der Waals surface area (Å²) in [5.41, 5.74) is 1.55. The number of fused-ring (bicyclic) bond motifs is 1. The Morgan fingerprint density at radius 3 is 2.88 bits per heavy atom. The molecule has 3 aromatic rings. The molecule has 1 N–H and O–H groups in total. The van der Waals surface area contributed by atoms with Gasteiger partial charge in [0.05, 0.1) is 10.7 Å². The molecule has 26 heavy (non-hydrogen) atoms. The van der Waals surface area contributed by atoms with Gasteiger partial charge in [0.25, 0.3) is 0 Å². The summed E-state index contributed by atoms with van der Waals surface area (Å²) >= 11 is 1.71. The smallest absolute Gasteiger partial charge is 0.149 e. The van der Waals surface area contributed by atoms with Crippen molar-refractivity contribution in [2.75, 3.05) is 25.0 Å². The molecule has 4 rings (SSSR count). The maximum Gasteiger partial charge on any atom is 0.149 e. The summed E-state index contributed by atoms with van der Waals surface area (Å²) in [5, 5.41) is 7.43. The van der Waals surface area contributed by atoms with E-state index in [0.717, 1.165) is 55.2 Å². The van der Waals surface area contributed by atoms with Crippen molar-refractivity contribution in [2.24, 2.45) is 5.92 Å². The maximum atomic E-state index is 13.9. The van der Waals surface area contributed by atoms with Gasteiger partial charge in [-0.15, -0.1) is 11.3 Å². The highest BCUT2D eigenvalue weighted by molar-refractivity contribution is 7.09. The highest BCUT2D eigenvalue weighted by atomic mass is 32.1. The molecule has 0 unspecified atom stereocenters. The number of para-hydroxylation sites is 1. The SMILES string of the molecule is Cc1nc(CN2CCC(CNc3ncnc4c(F)cccc34)CC2)cs1. The zero-order chi connectivity index (χ0) is 17.9. The van der Waals surface area contributed by atoms with Crippen LogP contribution in [0.3, 0.4) is 0 Å². The molecule has 0 aliphatic carbocycles. The number of piperidine rings is 1. The first-order valence-corrected chi connectivity index (χ1v) is 9.83. The molecular formula is C19H22FN5S. The molecule has 0 spiro atoms. The van der Waals surface area contributed by atoms with Gasteiger partial charge in [-0.25, -0.2) is 19.3 Å². The van der Waals surface area contributed by atoms with Crippen LogP contribution in [-0.2, 0) is 6.54 Å². The van der Waals surface area contributed by atoms with E-state index < -0.39 is 0 Å². The Labute approximate surface area is 156 Å². The van der Waals surface area contributed by atoms with Crippen LogP contribution in [0.4, 0.5) is 10.2 Å². The van der Waals surface area contributed by atoms with Crippen molar-refractivity contribution in [3.63, 3.8) is 0 Å². The lowest BCUT2D eigenvalue weighted by Gasteiger charge is -2.31. The van der Waals surface area contributed by atoms with Crippen LogP contribution in [0.5, 0.6) is 0 Å². The Kier molecular flexibility index (Phi) is 5.08. The van der Waals surface area contributed by atoms with Gasteiger partial charge in [0, 0.05) is 23.9 Å². The first-order valence-electron chi connectivity index (χ1n) is 8.95. The van der Waals surface area contributed by atoms with Gasteiger partial charge in [0.15, 0.2) is 0 Å². The number of likely N-dealkylation sites (tertiary alicyclic amines) is 1. The summed E-state index contributed by atoms with van der Waals surface area (Å²) in [5.74, 6) is 1.01. The Bertz CT molecular complexity index is 889. The molecular weight excluding hydrogens is 349 g/mol. The normalized spacial score (nSPS) is 16.2. The predicted octanol–water partition coefficient (Wildman–Crippen LogP) is 3.86. The number of rotatable bonds is 5. The second kappa shape index (κ2) is 7.63. The minimum absolute atomic E-state index is 0.307. The van der Waals surface area contributed by atoms with E-state index in [1.807, 2.05) is 6.07 Å². The molecule has 0 atom stereocenters. The molecule has 2 aromatic heterocycles. The zero-order valence-electron chi connectivity index (χ0n) is 14.8. The lowest BCUT2D eigenvalue weighted by Crippen LogP contribution is -2.35. The van der Waals surface area contributed by atoms with Crippen molar-refractivity contribution in [1.29, 1.82) is 0 Å². The van der Waals surface area contributed by atoms with Crippen LogP contribution >= 0.6 is 11.3 Å². The van der Waals surface area contributed by atoms with Gasteiger partial charge in [-0.05, 0) is 50.9 Å². The van der Waals surface area contributed by atoms with Gasteiger partial charge >= 0.3 is 0 Å². The number of benzene rings is 1. The molecule has 1 aliphatic rings. The summed E-state index contributed by atoms with van der Waals surface area (Å²) in [4.78, 5) is 15.4. The molecule has 0 saturated carbocycles. The highest BCUT2D eigenvalue weighted by Gasteiger charge is 2.20. The van der Waals surface area contributed by atoms with Gasteiger partial charge in [-0.1, -0.05) is 6.07 Å². The summed E-state index contributed by atoms with van der Waals surface area (Å²) in [7, 11) is 0. The minimum atomic E-state index is -0.307. The van der Waals surface area contributed by atoms with Crippen LogP contribution in [0.25, 0.3) is 10.9 Å². The van der Waals surface area contributed by atoms with Gasteiger partial charge in [-0.2, -0.15) is 0 Å². The fourth-order valence-electron chi connectivity index (χ4n) is 3.49. The predicted molar refractivity (Wildman–Crippen MR) is 103 cm³/mol. The van der Waals surface area contributed by atoms with Crippen molar-refractivity contribution < 1.29 is 4.39 Å². The fraction of sp³-hybridized carbons (Fsp3) is 0.421. The Morgan fingerprint density at radius 1 is 1.27 bits per heavy atom. The number of aromatic nitrogens is 3. The number of hydrogen-bond acceptors (Lipinski definition) is 6. The Morgan fingerprint density at radius 2 is 2.12 bits per heavy atom. The third kappa shape index (κ3) is 3.83. The quantitative estimate of drug-likeness (QED) is 0.738. The zero-order valence-corrected chi connectivity index (χ0v) is 15.6. The fourth-order valence-corrected chi connectivity index (χ4v) is 4.10. The molecule has 1 fully saturated rings. The van der Waals surface area contributed by atoms with E-state index in [2.05, 4.69) is 37.5 Å². The molecule has 7 heteroatoms. The number of aryl methyl sites for hydroxylation is 1. The van der Waals surface area contributed by atoms with Crippen LogP contribution in [0.2, 0.25) is 0 Å². The highest BCUT2D eigenvalue weighted by Crippen LogP contribution is 2.24. The van der Waals surface area contributed by atoms with Gasteiger partial charge in [-0.3, -0.25) is 4.90 Å². The maximum absolute atomic E-state index is 13.9. The van der Waals surface area contributed by atoms with Gasteiger partial charge < -0.3 is 5.32 Å². The van der Waals surface area contributed by atoms with Crippen LogP contribution in [0, 0.1) is 18.7 Å². The van der Waals surface area contributed by atoms with Gasteiger partial charge in [0.1, 0.15) is 23.5 Å². The average molecular weight is 371 g/mol. The molecule has 1 aromatic carbocycles. The van der Waals surface area contributed by atoms with E-state index in [1.54, 1.807) is 17.4 Å². The summed E-state index contributed by atoms with van der Waals surface area (Å²) < 4.78 is 13.9. The van der Waals surface area contributed by atoms with Crippen molar-refractivity contribution in [2.45, 2.75) is 26.3 Å². The van der Waals surface area contributed by atoms with Crippen LogP contribution in [0.15, 0.2) is 29.9 Å². The van der Waals surface area contributed by atoms with Crippen LogP contribution < -0.4 is 5.32 Å². The monoisotopic (exact) mass is 371 g/mol. The number of anilines is 1. The molecule has 5 nitrogen and oxygen atoms in total. The third-order valence-electron chi connectivity index (χ3n) is 4.93.